The van der Waals surface area contributed by atoms with Crippen molar-refractivity contribution in [3.8, 4) is 5.88 Å². The monoisotopic (exact) mass is 307 g/mol. The average Bonchev–Trinajstić information content (AvgIpc) is 2.39. The first-order valence-corrected chi connectivity index (χ1v) is 7.24. The highest BCUT2D eigenvalue weighted by Crippen LogP contribution is 2.20. The minimum Gasteiger partial charge on any atom is -0.481 e. The van der Waals surface area contributed by atoms with Gasteiger partial charge in [0.25, 0.3) is 0 Å². The van der Waals surface area contributed by atoms with Crippen molar-refractivity contribution in [1.29, 1.82) is 0 Å². The van der Waals surface area contributed by atoms with Crippen molar-refractivity contribution in [2.45, 2.75) is 23.8 Å². The Morgan fingerprint density at radius 1 is 1.47 bits per heavy atom. The van der Waals surface area contributed by atoms with Gasteiger partial charge < -0.3 is 10.5 Å². The highest BCUT2D eigenvalue weighted by Gasteiger charge is 2.29. The minimum atomic E-state index is -3.48. The number of nitrogens with two attached hydrogens (primary N) is 1. The molecule has 1 aliphatic heterocycles. The maximum absolute atomic E-state index is 12.3. The first-order chi connectivity index (χ1) is 8.54. The number of piperidine rings is 1. The van der Waals surface area contributed by atoms with Gasteiger partial charge in [0.2, 0.25) is 15.9 Å². The Balaban J connectivity index is 0.00000180. The summed E-state index contributed by atoms with van der Waals surface area (Å²) in [6, 6.07) is 2.96. The van der Waals surface area contributed by atoms with Crippen molar-refractivity contribution in [1.82, 2.24) is 9.29 Å². The molecule has 8 heteroatoms. The lowest BCUT2D eigenvalue weighted by Crippen LogP contribution is -2.45. The van der Waals surface area contributed by atoms with Crippen LogP contribution in [-0.4, -0.2) is 43.9 Å². The lowest BCUT2D eigenvalue weighted by atomic mass is 10.1. The Kier molecular flexibility index (Phi) is 5.54. The maximum atomic E-state index is 12.3. The molecule has 0 aromatic carbocycles. The number of nitrogens with zero attached hydrogens (tertiary/aromatic N) is 2. The third kappa shape index (κ3) is 3.56. The first kappa shape index (κ1) is 16.2. The van der Waals surface area contributed by atoms with Crippen molar-refractivity contribution in [2.75, 3.05) is 20.2 Å². The SMILES string of the molecule is COc1ccc(S(=O)(=O)N2CCCC(N)C2)cn1.Cl. The van der Waals surface area contributed by atoms with Gasteiger partial charge in [0, 0.05) is 25.2 Å². The molecule has 1 aliphatic rings. The molecule has 6 nitrogen and oxygen atoms in total. The molecule has 1 fully saturated rings. The van der Waals surface area contributed by atoms with Gasteiger partial charge in [0.05, 0.1) is 13.3 Å². The number of pyridine rings is 1. The van der Waals surface area contributed by atoms with E-state index in [1.807, 2.05) is 0 Å². The van der Waals surface area contributed by atoms with Crippen LogP contribution in [0.3, 0.4) is 0 Å². The molecule has 0 aliphatic carbocycles. The van der Waals surface area contributed by atoms with E-state index < -0.39 is 10.0 Å². The van der Waals surface area contributed by atoms with E-state index in [9.17, 15) is 8.42 Å². The van der Waals surface area contributed by atoms with E-state index in [0.717, 1.165) is 12.8 Å². The van der Waals surface area contributed by atoms with Crippen LogP contribution in [0.2, 0.25) is 0 Å². The normalized spacial score (nSPS) is 20.6. The van der Waals surface area contributed by atoms with Crippen molar-refractivity contribution in [3.05, 3.63) is 18.3 Å². The quantitative estimate of drug-likeness (QED) is 0.885. The summed E-state index contributed by atoms with van der Waals surface area (Å²) in [7, 11) is -2.00. The lowest BCUT2D eigenvalue weighted by molar-refractivity contribution is 0.316. The first-order valence-electron chi connectivity index (χ1n) is 5.80. The zero-order valence-corrected chi connectivity index (χ0v) is 12.3. The van der Waals surface area contributed by atoms with Crippen LogP contribution >= 0.6 is 12.4 Å². The van der Waals surface area contributed by atoms with Crippen LogP contribution in [0.15, 0.2) is 23.2 Å². The molecular weight excluding hydrogens is 290 g/mol. The number of halogens is 1. The largest absolute Gasteiger partial charge is 0.481 e. The molecule has 0 spiro atoms. The van der Waals surface area contributed by atoms with Crippen LogP contribution in [0.5, 0.6) is 5.88 Å². The number of rotatable bonds is 3. The van der Waals surface area contributed by atoms with Crippen LogP contribution in [0.4, 0.5) is 0 Å². The third-order valence-corrected chi connectivity index (χ3v) is 4.83. The summed E-state index contributed by atoms with van der Waals surface area (Å²) in [5.41, 5.74) is 5.80. The summed E-state index contributed by atoms with van der Waals surface area (Å²) < 4.78 is 31.0. The van der Waals surface area contributed by atoms with Crippen molar-refractivity contribution in [3.63, 3.8) is 0 Å². The topological polar surface area (TPSA) is 85.5 Å². The summed E-state index contributed by atoms with van der Waals surface area (Å²) in [6.45, 7) is 0.885. The molecule has 1 saturated heterocycles. The van der Waals surface area contributed by atoms with E-state index in [-0.39, 0.29) is 23.3 Å². The number of hydrogen-bond donors (Lipinski definition) is 1. The summed E-state index contributed by atoms with van der Waals surface area (Å²) in [5.74, 6) is 0.393. The smallest absolute Gasteiger partial charge is 0.244 e. The van der Waals surface area contributed by atoms with Gasteiger partial charge in [-0.25, -0.2) is 13.4 Å². The van der Waals surface area contributed by atoms with Crippen molar-refractivity contribution in [2.24, 2.45) is 5.73 Å². The fourth-order valence-electron chi connectivity index (χ4n) is 1.98. The second kappa shape index (κ2) is 6.51. The second-order valence-electron chi connectivity index (χ2n) is 4.30. The average molecular weight is 308 g/mol. The molecule has 2 N–H and O–H groups in total. The summed E-state index contributed by atoms with van der Waals surface area (Å²) in [4.78, 5) is 4.10. The fraction of sp³-hybridized carbons (Fsp3) is 0.545. The second-order valence-corrected chi connectivity index (χ2v) is 6.24. The van der Waals surface area contributed by atoms with E-state index in [1.165, 1.54) is 29.7 Å². The number of methoxy groups -OCH3 is 1. The minimum absolute atomic E-state index is 0. The van der Waals surface area contributed by atoms with Crippen molar-refractivity contribution >= 4 is 22.4 Å². The van der Waals surface area contributed by atoms with E-state index in [4.69, 9.17) is 10.5 Å². The Hall–Kier alpha value is -0.890. The third-order valence-electron chi connectivity index (χ3n) is 2.98. The standard InChI is InChI=1S/C11H17N3O3S.ClH/c1-17-11-5-4-10(7-13-11)18(15,16)14-6-2-3-9(12)8-14;/h4-5,7,9H,2-3,6,8,12H2,1H3;1H. The van der Waals surface area contributed by atoms with Gasteiger partial charge in [-0.3, -0.25) is 0 Å². The number of aromatic nitrogens is 1. The molecule has 0 bridgehead atoms. The van der Waals surface area contributed by atoms with Gasteiger partial charge in [0.15, 0.2) is 0 Å². The Bertz CT molecular complexity index is 506. The fourth-order valence-corrected chi connectivity index (χ4v) is 3.46. The van der Waals surface area contributed by atoms with Gasteiger partial charge in [-0.1, -0.05) is 0 Å². The van der Waals surface area contributed by atoms with E-state index >= 15 is 0 Å². The van der Waals surface area contributed by atoms with Gasteiger partial charge in [0.1, 0.15) is 4.90 Å². The molecule has 2 heterocycles. The molecule has 19 heavy (non-hydrogen) atoms. The zero-order chi connectivity index (χ0) is 13.2. The summed E-state index contributed by atoms with van der Waals surface area (Å²) in [5, 5.41) is 0. The highest BCUT2D eigenvalue weighted by molar-refractivity contribution is 7.89. The molecule has 1 aromatic rings. The Morgan fingerprint density at radius 2 is 2.21 bits per heavy atom. The van der Waals surface area contributed by atoms with Crippen LogP contribution in [0.1, 0.15) is 12.8 Å². The molecular formula is C11H18ClN3O3S. The molecule has 0 radical (unpaired) electrons. The van der Waals surface area contributed by atoms with Crippen LogP contribution in [0.25, 0.3) is 0 Å². The molecule has 0 amide bonds. The number of sulfonamides is 1. The van der Waals surface area contributed by atoms with Crippen LogP contribution in [-0.2, 0) is 10.0 Å². The van der Waals surface area contributed by atoms with E-state index in [2.05, 4.69) is 4.98 Å². The van der Waals surface area contributed by atoms with Gasteiger partial charge in [-0.2, -0.15) is 4.31 Å². The number of ether oxygens (including phenoxy) is 1. The zero-order valence-electron chi connectivity index (χ0n) is 10.7. The molecule has 1 atom stereocenters. The predicted molar refractivity (Wildman–Crippen MR) is 74.0 cm³/mol. The molecule has 1 aromatic heterocycles. The van der Waals surface area contributed by atoms with E-state index in [1.54, 1.807) is 0 Å². The molecule has 108 valence electrons. The summed E-state index contributed by atoms with van der Waals surface area (Å²) >= 11 is 0. The van der Waals surface area contributed by atoms with Crippen LogP contribution in [0, 0.1) is 0 Å². The summed E-state index contributed by atoms with van der Waals surface area (Å²) in [6.07, 6.45) is 2.98. The molecule has 2 rings (SSSR count). The van der Waals surface area contributed by atoms with Gasteiger partial charge in [-0.05, 0) is 18.9 Å². The maximum Gasteiger partial charge on any atom is 0.244 e. The van der Waals surface area contributed by atoms with Gasteiger partial charge >= 0.3 is 0 Å². The Labute approximate surface area is 119 Å². The predicted octanol–water partition coefficient (Wildman–Crippen LogP) is 0.624. The van der Waals surface area contributed by atoms with Crippen molar-refractivity contribution < 1.29 is 13.2 Å². The highest BCUT2D eigenvalue weighted by atomic mass is 35.5. The van der Waals surface area contributed by atoms with Gasteiger partial charge in [-0.15, -0.1) is 12.4 Å². The Morgan fingerprint density at radius 3 is 2.74 bits per heavy atom. The number of hydrogen-bond acceptors (Lipinski definition) is 5. The van der Waals surface area contributed by atoms with E-state index in [0.29, 0.717) is 19.0 Å². The van der Waals surface area contributed by atoms with Crippen LogP contribution < -0.4 is 10.5 Å². The molecule has 0 saturated carbocycles. The molecule has 1 unspecified atom stereocenters. The lowest BCUT2D eigenvalue weighted by Gasteiger charge is -2.29.